The van der Waals surface area contributed by atoms with Crippen LogP contribution >= 0.6 is 11.6 Å². The molecular formula is C17H12ClN5O. The Morgan fingerprint density at radius 1 is 0.917 bits per heavy atom. The zero-order valence-corrected chi connectivity index (χ0v) is 13.1. The van der Waals surface area contributed by atoms with E-state index in [1.54, 1.807) is 36.5 Å². The van der Waals surface area contributed by atoms with Gasteiger partial charge in [-0.05, 0) is 36.4 Å². The predicted octanol–water partition coefficient (Wildman–Crippen LogP) is 3.45. The minimum Gasteiger partial charge on any atom is -0.331 e. The van der Waals surface area contributed by atoms with E-state index in [2.05, 4.69) is 25.3 Å². The Morgan fingerprint density at radius 2 is 1.71 bits per heavy atom. The maximum Gasteiger partial charge on any atom is 0.255 e. The molecule has 0 fully saturated rings. The summed E-state index contributed by atoms with van der Waals surface area (Å²) >= 11 is 6.18. The van der Waals surface area contributed by atoms with Crippen LogP contribution in [-0.2, 0) is 0 Å². The molecule has 1 aliphatic rings. The Balaban J connectivity index is 2.20. The molecule has 0 saturated heterocycles. The fourth-order valence-corrected chi connectivity index (χ4v) is 2.53. The van der Waals surface area contributed by atoms with E-state index in [-0.39, 0.29) is 5.56 Å². The van der Waals surface area contributed by atoms with E-state index < -0.39 is 0 Å². The van der Waals surface area contributed by atoms with Gasteiger partial charge in [0, 0.05) is 17.1 Å². The molecule has 0 amide bonds. The minimum absolute atomic E-state index is 0.211. The van der Waals surface area contributed by atoms with Gasteiger partial charge in [-0.15, -0.1) is 0 Å². The fourth-order valence-electron chi connectivity index (χ4n) is 2.38. The molecule has 0 spiro atoms. The van der Waals surface area contributed by atoms with Crippen molar-refractivity contribution in [3.63, 3.8) is 0 Å². The summed E-state index contributed by atoms with van der Waals surface area (Å²) in [6.07, 6.45) is 1.62. The molecule has 118 valence electrons. The summed E-state index contributed by atoms with van der Waals surface area (Å²) in [5.74, 6) is 0.958. The van der Waals surface area contributed by atoms with Gasteiger partial charge in [-0.1, -0.05) is 23.7 Å². The van der Waals surface area contributed by atoms with E-state index in [0.29, 0.717) is 38.7 Å². The number of nitrogens with one attached hydrogen (secondary N) is 3. The van der Waals surface area contributed by atoms with Gasteiger partial charge in [0.05, 0.1) is 16.1 Å². The second kappa shape index (κ2) is 5.82. The van der Waals surface area contributed by atoms with E-state index >= 15 is 0 Å². The number of halogens is 1. The van der Waals surface area contributed by atoms with Gasteiger partial charge in [0.1, 0.15) is 0 Å². The van der Waals surface area contributed by atoms with E-state index in [4.69, 9.17) is 11.6 Å². The molecule has 6 bridgehead atoms. The lowest BCUT2D eigenvalue weighted by atomic mass is 10.2. The highest BCUT2D eigenvalue weighted by molar-refractivity contribution is 6.48. The first kappa shape index (κ1) is 14.5. The van der Waals surface area contributed by atoms with Crippen molar-refractivity contribution in [2.24, 2.45) is 0 Å². The second-order valence-corrected chi connectivity index (χ2v) is 5.64. The summed E-state index contributed by atoms with van der Waals surface area (Å²) in [6, 6.07) is 14.3. The van der Waals surface area contributed by atoms with E-state index in [1.165, 1.54) is 0 Å². The number of aromatic nitrogens is 4. The van der Waals surface area contributed by atoms with Crippen LogP contribution in [0.25, 0.3) is 27.0 Å². The summed E-state index contributed by atoms with van der Waals surface area (Å²) in [4.78, 5) is 27.3. The van der Waals surface area contributed by atoms with Gasteiger partial charge >= 0.3 is 0 Å². The number of H-pyrrole nitrogens is 2. The molecule has 2 heterocycles. The van der Waals surface area contributed by atoms with E-state index in [9.17, 15) is 4.79 Å². The lowest BCUT2D eigenvalue weighted by molar-refractivity contribution is 1.12. The van der Waals surface area contributed by atoms with Crippen molar-refractivity contribution in [1.29, 1.82) is 0 Å². The smallest absolute Gasteiger partial charge is 0.255 e. The van der Waals surface area contributed by atoms with E-state index in [1.807, 2.05) is 18.2 Å². The first-order chi connectivity index (χ1) is 11.7. The lowest BCUT2D eigenvalue weighted by Gasteiger charge is -2.07. The number of rotatable bonds is 0. The van der Waals surface area contributed by atoms with Crippen molar-refractivity contribution in [2.75, 3.05) is 5.32 Å². The molecule has 7 heteroatoms. The topological polar surface area (TPSA) is 86.5 Å². The van der Waals surface area contributed by atoms with Crippen molar-refractivity contribution < 1.29 is 0 Å². The molecule has 3 aromatic rings. The number of hydrogen-bond donors (Lipinski definition) is 3. The van der Waals surface area contributed by atoms with Crippen LogP contribution in [0.2, 0.25) is 0 Å². The molecule has 3 N–H and O–H groups in total. The van der Waals surface area contributed by atoms with Gasteiger partial charge < -0.3 is 15.3 Å². The quantitative estimate of drug-likeness (QED) is 0.586. The highest BCUT2D eigenvalue weighted by Gasteiger charge is 2.06. The van der Waals surface area contributed by atoms with Crippen LogP contribution in [0.5, 0.6) is 0 Å². The van der Waals surface area contributed by atoms with Gasteiger partial charge in [-0.3, -0.25) is 4.79 Å². The summed E-state index contributed by atoms with van der Waals surface area (Å²) in [5, 5.41) is 3.90. The lowest BCUT2D eigenvalue weighted by Crippen LogP contribution is -2.03. The molecule has 0 saturated carbocycles. The number of aromatic amines is 2. The molecule has 2 aromatic carbocycles. The van der Waals surface area contributed by atoms with Gasteiger partial charge in [0.15, 0.2) is 5.82 Å². The zero-order valence-electron chi connectivity index (χ0n) is 12.4. The van der Waals surface area contributed by atoms with Crippen LogP contribution in [0.15, 0.2) is 59.5 Å². The summed E-state index contributed by atoms with van der Waals surface area (Å²) in [5.41, 5.74) is 1.75. The first-order valence-corrected chi connectivity index (χ1v) is 7.64. The molecule has 1 aliphatic heterocycles. The van der Waals surface area contributed by atoms with Gasteiger partial charge in [-0.25, -0.2) is 9.97 Å². The van der Waals surface area contributed by atoms with Crippen molar-refractivity contribution in [3.8, 4) is 0 Å². The Labute approximate surface area is 141 Å². The highest BCUT2D eigenvalue weighted by atomic mass is 35.5. The predicted molar refractivity (Wildman–Crippen MR) is 95.9 cm³/mol. The molecular weight excluding hydrogens is 326 g/mol. The molecule has 1 aromatic heterocycles. The van der Waals surface area contributed by atoms with Crippen LogP contribution < -0.4 is 10.9 Å². The minimum atomic E-state index is -0.211. The number of hydrogen-bond acceptors (Lipinski definition) is 4. The SMILES string of the molecule is O=c1[nH]c2cccc(c2)nc2[nH]c(nc3cccc1c3)C(Cl)=CN2. The van der Waals surface area contributed by atoms with Crippen LogP contribution in [0.1, 0.15) is 5.82 Å². The summed E-state index contributed by atoms with van der Waals surface area (Å²) in [7, 11) is 0. The third kappa shape index (κ3) is 2.87. The monoisotopic (exact) mass is 337 g/mol. The van der Waals surface area contributed by atoms with Crippen molar-refractivity contribution >= 4 is 44.5 Å². The Kier molecular flexibility index (Phi) is 3.51. The molecule has 6 nitrogen and oxygen atoms in total. The van der Waals surface area contributed by atoms with Crippen LogP contribution in [0.3, 0.4) is 0 Å². The molecule has 0 radical (unpaired) electrons. The number of anilines is 1. The van der Waals surface area contributed by atoms with Crippen LogP contribution in [0, 0.1) is 0 Å². The molecule has 0 unspecified atom stereocenters. The van der Waals surface area contributed by atoms with Gasteiger partial charge in [-0.2, -0.15) is 0 Å². The molecule has 0 atom stereocenters. The largest absolute Gasteiger partial charge is 0.331 e. The zero-order chi connectivity index (χ0) is 16.5. The summed E-state index contributed by atoms with van der Waals surface area (Å²) < 4.78 is 0. The average molecular weight is 338 g/mol. The number of fused-ring (bicyclic) bond motifs is 6. The maximum atomic E-state index is 12.4. The highest BCUT2D eigenvalue weighted by Crippen LogP contribution is 2.19. The summed E-state index contributed by atoms with van der Waals surface area (Å²) in [6.45, 7) is 0. The number of nitrogens with zero attached hydrogens (tertiary/aromatic N) is 2. The third-order valence-electron chi connectivity index (χ3n) is 3.49. The van der Waals surface area contributed by atoms with Crippen molar-refractivity contribution in [3.05, 3.63) is 70.9 Å². The van der Waals surface area contributed by atoms with Crippen molar-refractivity contribution in [2.45, 2.75) is 0 Å². The Bertz CT molecular complexity index is 1130. The van der Waals surface area contributed by atoms with Crippen LogP contribution in [-0.4, -0.2) is 19.9 Å². The third-order valence-corrected chi connectivity index (χ3v) is 3.78. The van der Waals surface area contributed by atoms with Crippen molar-refractivity contribution in [1.82, 2.24) is 19.9 Å². The maximum absolute atomic E-state index is 12.4. The van der Waals surface area contributed by atoms with Gasteiger partial charge in [0.2, 0.25) is 5.95 Å². The Hall–Kier alpha value is -3.12. The van der Waals surface area contributed by atoms with Crippen LogP contribution in [0.4, 0.5) is 5.95 Å². The molecule has 0 aliphatic carbocycles. The Morgan fingerprint density at radius 3 is 2.58 bits per heavy atom. The van der Waals surface area contributed by atoms with E-state index in [0.717, 1.165) is 0 Å². The second-order valence-electron chi connectivity index (χ2n) is 5.24. The standard InChI is InChI=1S/C17H12ClN5O/c18-14-9-19-17-22-13-6-2-5-12(8-13)21-16(24)10-3-1-4-11(7-10)20-15(14)23-17/h1-9H,(H,21,24)(H2,19,20,22,23). The number of benzene rings is 2. The molecule has 24 heavy (non-hydrogen) atoms. The fraction of sp³-hybridized carbons (Fsp3) is 0. The average Bonchev–Trinajstić information content (AvgIpc) is 2.58. The first-order valence-electron chi connectivity index (χ1n) is 7.26. The molecule has 4 rings (SSSR count). The van der Waals surface area contributed by atoms with Gasteiger partial charge in [0.25, 0.3) is 5.56 Å². The normalized spacial score (nSPS) is 12.3.